The Bertz CT molecular complexity index is 954. The summed E-state index contributed by atoms with van der Waals surface area (Å²) < 4.78 is 10.1. The van der Waals surface area contributed by atoms with E-state index in [0.717, 1.165) is 24.3 Å². The zero-order chi connectivity index (χ0) is 22.2. The highest BCUT2D eigenvalue weighted by Gasteiger charge is 2.16. The predicted molar refractivity (Wildman–Crippen MR) is 118 cm³/mol. The summed E-state index contributed by atoms with van der Waals surface area (Å²) in [5.74, 6) is -1.22. The Morgan fingerprint density at radius 2 is 1.81 bits per heavy atom. The van der Waals surface area contributed by atoms with Crippen LogP contribution in [-0.4, -0.2) is 51.1 Å². The molecule has 1 saturated heterocycles. The lowest BCUT2D eigenvalue weighted by Crippen LogP contribution is -2.32. The van der Waals surface area contributed by atoms with Crippen molar-refractivity contribution < 1.29 is 23.9 Å². The van der Waals surface area contributed by atoms with E-state index in [1.54, 1.807) is 24.3 Å². The van der Waals surface area contributed by atoms with E-state index < -0.39 is 24.4 Å². The van der Waals surface area contributed by atoms with Gasteiger partial charge in [-0.3, -0.25) is 14.4 Å². The van der Waals surface area contributed by atoms with Gasteiger partial charge in [0.2, 0.25) is 0 Å². The molecule has 0 aliphatic carbocycles. The fourth-order valence-electron chi connectivity index (χ4n) is 3.42. The Balaban J connectivity index is 1.44. The van der Waals surface area contributed by atoms with Crippen LogP contribution in [0.5, 0.6) is 5.75 Å². The minimum Gasteiger partial charge on any atom is -0.496 e. The number of rotatable bonds is 8. The molecule has 164 valence electrons. The van der Waals surface area contributed by atoms with Crippen molar-refractivity contribution >= 4 is 29.2 Å². The first-order valence-electron chi connectivity index (χ1n) is 10.2. The topological polar surface area (TPSA) is 97.0 Å². The van der Waals surface area contributed by atoms with Crippen molar-refractivity contribution in [3.8, 4) is 5.75 Å². The molecule has 8 heteroatoms. The van der Waals surface area contributed by atoms with Gasteiger partial charge in [-0.2, -0.15) is 0 Å². The Morgan fingerprint density at radius 1 is 1.06 bits per heavy atom. The third-order valence-corrected chi connectivity index (χ3v) is 5.06. The van der Waals surface area contributed by atoms with E-state index in [0.29, 0.717) is 17.0 Å². The van der Waals surface area contributed by atoms with Gasteiger partial charge in [0.05, 0.1) is 12.7 Å². The molecule has 0 radical (unpaired) electrons. The standard InChI is InChI=1S/C23H27N3O5/c1-16-13-17(26-11-5-6-12-26)9-10-19(16)25-21(27)15-31-22(28)14-24-23(29)18-7-3-4-8-20(18)30-2/h3-4,7-10,13H,5-6,11-12,14-15H2,1-2H3,(H,24,29)(H,25,27). The molecule has 0 aromatic heterocycles. The zero-order valence-electron chi connectivity index (χ0n) is 17.8. The molecule has 2 aromatic rings. The molecular weight excluding hydrogens is 398 g/mol. The molecule has 0 spiro atoms. The Labute approximate surface area is 181 Å². The van der Waals surface area contributed by atoms with Crippen LogP contribution in [0.15, 0.2) is 42.5 Å². The SMILES string of the molecule is COc1ccccc1C(=O)NCC(=O)OCC(=O)Nc1ccc(N2CCCC2)cc1C. The maximum Gasteiger partial charge on any atom is 0.325 e. The molecule has 0 atom stereocenters. The first-order chi connectivity index (χ1) is 15.0. The number of carbonyl (C=O) groups excluding carboxylic acids is 3. The number of para-hydroxylation sites is 1. The number of hydrogen-bond acceptors (Lipinski definition) is 6. The van der Waals surface area contributed by atoms with Gasteiger partial charge in [-0.15, -0.1) is 0 Å². The van der Waals surface area contributed by atoms with Gasteiger partial charge in [0, 0.05) is 24.5 Å². The second-order valence-electron chi connectivity index (χ2n) is 7.29. The van der Waals surface area contributed by atoms with Gasteiger partial charge < -0.3 is 25.0 Å². The molecule has 1 fully saturated rings. The Hall–Kier alpha value is -3.55. The van der Waals surface area contributed by atoms with E-state index in [2.05, 4.69) is 15.5 Å². The average molecular weight is 425 g/mol. The monoisotopic (exact) mass is 425 g/mol. The van der Waals surface area contributed by atoms with Crippen LogP contribution >= 0.6 is 0 Å². The Morgan fingerprint density at radius 3 is 2.52 bits per heavy atom. The van der Waals surface area contributed by atoms with E-state index in [9.17, 15) is 14.4 Å². The highest BCUT2D eigenvalue weighted by molar-refractivity contribution is 5.98. The minimum atomic E-state index is -0.709. The fourth-order valence-corrected chi connectivity index (χ4v) is 3.42. The number of nitrogens with one attached hydrogen (secondary N) is 2. The number of carbonyl (C=O) groups is 3. The second kappa shape index (κ2) is 10.5. The van der Waals surface area contributed by atoms with Crippen LogP contribution in [0.3, 0.4) is 0 Å². The smallest absolute Gasteiger partial charge is 0.325 e. The molecule has 0 saturated carbocycles. The number of aryl methyl sites for hydroxylation is 1. The average Bonchev–Trinajstić information content (AvgIpc) is 3.32. The molecule has 0 bridgehead atoms. The molecule has 1 heterocycles. The molecule has 2 N–H and O–H groups in total. The van der Waals surface area contributed by atoms with Gasteiger partial charge in [-0.05, 0) is 55.7 Å². The van der Waals surface area contributed by atoms with Crippen LogP contribution in [0.25, 0.3) is 0 Å². The van der Waals surface area contributed by atoms with Crippen LogP contribution in [0.1, 0.15) is 28.8 Å². The summed E-state index contributed by atoms with van der Waals surface area (Å²) in [5, 5.41) is 5.21. The number of amides is 2. The number of hydrogen-bond donors (Lipinski definition) is 2. The van der Waals surface area contributed by atoms with Crippen molar-refractivity contribution in [2.24, 2.45) is 0 Å². The van der Waals surface area contributed by atoms with Crippen LogP contribution < -0.4 is 20.3 Å². The maximum absolute atomic E-state index is 12.2. The summed E-state index contributed by atoms with van der Waals surface area (Å²) in [5.41, 5.74) is 3.07. The van der Waals surface area contributed by atoms with Crippen molar-refractivity contribution in [1.82, 2.24) is 5.32 Å². The minimum absolute atomic E-state index is 0.309. The summed E-state index contributed by atoms with van der Waals surface area (Å²) in [6, 6.07) is 12.6. The van der Waals surface area contributed by atoms with Crippen molar-refractivity contribution in [1.29, 1.82) is 0 Å². The lowest BCUT2D eigenvalue weighted by atomic mass is 10.1. The van der Waals surface area contributed by atoms with Crippen LogP contribution in [0.2, 0.25) is 0 Å². The lowest BCUT2D eigenvalue weighted by molar-refractivity contribution is -0.146. The molecule has 2 amide bonds. The van der Waals surface area contributed by atoms with Crippen molar-refractivity contribution in [3.63, 3.8) is 0 Å². The van der Waals surface area contributed by atoms with Crippen LogP contribution in [0.4, 0.5) is 11.4 Å². The van der Waals surface area contributed by atoms with Gasteiger partial charge in [-0.1, -0.05) is 12.1 Å². The Kier molecular flexibility index (Phi) is 7.48. The van der Waals surface area contributed by atoms with Gasteiger partial charge in [-0.25, -0.2) is 0 Å². The predicted octanol–water partition coefficient (Wildman–Crippen LogP) is 2.52. The molecule has 1 aliphatic rings. The van der Waals surface area contributed by atoms with Gasteiger partial charge in [0.1, 0.15) is 12.3 Å². The van der Waals surface area contributed by atoms with E-state index in [4.69, 9.17) is 9.47 Å². The second-order valence-corrected chi connectivity index (χ2v) is 7.29. The molecule has 31 heavy (non-hydrogen) atoms. The maximum atomic E-state index is 12.2. The van der Waals surface area contributed by atoms with Gasteiger partial charge >= 0.3 is 5.97 Å². The van der Waals surface area contributed by atoms with E-state index in [1.807, 2.05) is 25.1 Å². The molecular formula is C23H27N3O5. The number of esters is 1. The number of anilines is 2. The summed E-state index contributed by atoms with van der Waals surface area (Å²) in [6.07, 6.45) is 2.39. The van der Waals surface area contributed by atoms with Crippen molar-refractivity contribution in [3.05, 3.63) is 53.6 Å². The summed E-state index contributed by atoms with van der Waals surface area (Å²) in [4.78, 5) is 38.6. The molecule has 0 unspecified atom stereocenters. The van der Waals surface area contributed by atoms with Crippen molar-refractivity contribution in [2.45, 2.75) is 19.8 Å². The van der Waals surface area contributed by atoms with Crippen molar-refractivity contribution in [2.75, 3.05) is 43.6 Å². The number of methoxy groups -OCH3 is 1. The van der Waals surface area contributed by atoms with E-state index in [-0.39, 0.29) is 6.54 Å². The van der Waals surface area contributed by atoms with E-state index in [1.165, 1.54) is 20.0 Å². The highest BCUT2D eigenvalue weighted by Crippen LogP contribution is 2.25. The highest BCUT2D eigenvalue weighted by atomic mass is 16.5. The van der Waals surface area contributed by atoms with Crippen LogP contribution in [-0.2, 0) is 14.3 Å². The normalized spacial score (nSPS) is 12.9. The first kappa shape index (κ1) is 22.1. The van der Waals surface area contributed by atoms with Gasteiger partial charge in [0.25, 0.3) is 11.8 Å². The quantitative estimate of drug-likeness (QED) is 0.631. The summed E-state index contributed by atoms with van der Waals surface area (Å²) in [7, 11) is 1.46. The molecule has 2 aromatic carbocycles. The van der Waals surface area contributed by atoms with Gasteiger partial charge in [0.15, 0.2) is 6.61 Å². The number of benzene rings is 2. The number of nitrogens with zero attached hydrogens (tertiary/aromatic N) is 1. The zero-order valence-corrected chi connectivity index (χ0v) is 17.8. The van der Waals surface area contributed by atoms with E-state index >= 15 is 0 Å². The largest absolute Gasteiger partial charge is 0.496 e. The number of ether oxygens (including phenoxy) is 2. The summed E-state index contributed by atoms with van der Waals surface area (Å²) in [6.45, 7) is 3.24. The molecule has 1 aliphatic heterocycles. The lowest BCUT2D eigenvalue weighted by Gasteiger charge is -2.19. The van der Waals surface area contributed by atoms with Crippen LogP contribution in [0, 0.1) is 6.92 Å². The third-order valence-electron chi connectivity index (χ3n) is 5.06. The third kappa shape index (κ3) is 5.97. The fraction of sp³-hybridized carbons (Fsp3) is 0.348. The first-order valence-corrected chi connectivity index (χ1v) is 10.2. The molecule has 3 rings (SSSR count). The molecule has 8 nitrogen and oxygen atoms in total. The summed E-state index contributed by atoms with van der Waals surface area (Å²) >= 11 is 0.